The second-order valence-corrected chi connectivity index (χ2v) is 6.57. The standard InChI is InChI=1S/C16H21FN2O2/c1-15(2,3)19-13(20)10-18-14(21)16(8-9-16)11-4-6-12(17)7-5-11/h4-7H,8-10H2,1-3H3,(H,18,21)(H,19,20). The van der Waals surface area contributed by atoms with Crippen molar-refractivity contribution in [2.24, 2.45) is 0 Å². The van der Waals surface area contributed by atoms with Crippen molar-refractivity contribution in [3.63, 3.8) is 0 Å². The lowest BCUT2D eigenvalue weighted by Gasteiger charge is -2.21. The molecule has 2 N–H and O–H groups in total. The quantitative estimate of drug-likeness (QED) is 0.890. The third-order valence-corrected chi connectivity index (χ3v) is 3.51. The Bertz CT molecular complexity index is 542. The molecule has 1 saturated carbocycles. The summed E-state index contributed by atoms with van der Waals surface area (Å²) in [6, 6.07) is 5.98. The molecule has 1 aliphatic carbocycles. The molecule has 114 valence electrons. The maximum atomic E-state index is 13.0. The van der Waals surface area contributed by atoms with Crippen LogP contribution in [0.25, 0.3) is 0 Å². The monoisotopic (exact) mass is 292 g/mol. The minimum atomic E-state index is -0.588. The average molecular weight is 292 g/mol. The van der Waals surface area contributed by atoms with Crippen molar-refractivity contribution in [2.45, 2.75) is 44.6 Å². The summed E-state index contributed by atoms with van der Waals surface area (Å²) in [5, 5.41) is 5.47. The zero-order valence-corrected chi connectivity index (χ0v) is 12.6. The molecule has 1 aromatic rings. The molecule has 5 heteroatoms. The molecule has 21 heavy (non-hydrogen) atoms. The van der Waals surface area contributed by atoms with Crippen LogP contribution in [0.5, 0.6) is 0 Å². The first-order valence-electron chi connectivity index (χ1n) is 7.08. The van der Waals surface area contributed by atoms with Gasteiger partial charge in [-0.3, -0.25) is 9.59 Å². The van der Waals surface area contributed by atoms with E-state index in [0.29, 0.717) is 0 Å². The summed E-state index contributed by atoms with van der Waals surface area (Å²) < 4.78 is 13.0. The minimum Gasteiger partial charge on any atom is -0.350 e. The van der Waals surface area contributed by atoms with Crippen molar-refractivity contribution < 1.29 is 14.0 Å². The van der Waals surface area contributed by atoms with E-state index in [9.17, 15) is 14.0 Å². The highest BCUT2D eigenvalue weighted by molar-refractivity contribution is 5.94. The van der Waals surface area contributed by atoms with Crippen LogP contribution < -0.4 is 10.6 Å². The molecule has 0 aromatic heterocycles. The number of hydrogen-bond acceptors (Lipinski definition) is 2. The Morgan fingerprint density at radius 1 is 1.19 bits per heavy atom. The van der Waals surface area contributed by atoms with E-state index in [0.717, 1.165) is 18.4 Å². The van der Waals surface area contributed by atoms with Gasteiger partial charge in [-0.2, -0.15) is 0 Å². The smallest absolute Gasteiger partial charge is 0.239 e. The second kappa shape index (κ2) is 5.47. The van der Waals surface area contributed by atoms with Crippen molar-refractivity contribution >= 4 is 11.8 Å². The van der Waals surface area contributed by atoms with E-state index in [2.05, 4.69) is 10.6 Å². The largest absolute Gasteiger partial charge is 0.350 e. The van der Waals surface area contributed by atoms with E-state index in [1.165, 1.54) is 12.1 Å². The van der Waals surface area contributed by atoms with Crippen LogP contribution in [0.15, 0.2) is 24.3 Å². The third-order valence-electron chi connectivity index (χ3n) is 3.51. The van der Waals surface area contributed by atoms with Crippen LogP contribution in [-0.2, 0) is 15.0 Å². The molecule has 2 amide bonds. The van der Waals surface area contributed by atoms with Gasteiger partial charge < -0.3 is 10.6 Å². The molecule has 1 fully saturated rings. The second-order valence-electron chi connectivity index (χ2n) is 6.57. The summed E-state index contributed by atoms with van der Waals surface area (Å²) in [5.74, 6) is -0.705. The number of rotatable bonds is 4. The number of carbonyl (C=O) groups excluding carboxylic acids is 2. The van der Waals surface area contributed by atoms with Crippen LogP contribution in [0.2, 0.25) is 0 Å². The van der Waals surface area contributed by atoms with Gasteiger partial charge in [0, 0.05) is 5.54 Å². The summed E-state index contributed by atoms with van der Waals surface area (Å²) in [6.07, 6.45) is 1.46. The SMILES string of the molecule is CC(C)(C)NC(=O)CNC(=O)C1(c2ccc(F)cc2)CC1. The lowest BCUT2D eigenvalue weighted by atomic mass is 9.95. The molecule has 0 radical (unpaired) electrons. The molecule has 0 heterocycles. The van der Waals surface area contributed by atoms with Gasteiger partial charge >= 0.3 is 0 Å². The number of halogens is 1. The lowest BCUT2D eigenvalue weighted by molar-refractivity contribution is -0.128. The fraction of sp³-hybridized carbons (Fsp3) is 0.500. The Balaban J connectivity index is 1.94. The summed E-state index contributed by atoms with van der Waals surface area (Å²) in [4.78, 5) is 24.0. The van der Waals surface area contributed by atoms with Gasteiger partial charge in [-0.25, -0.2) is 4.39 Å². The number of amides is 2. The predicted molar refractivity (Wildman–Crippen MR) is 78.2 cm³/mol. The normalized spacial score (nSPS) is 16.2. The van der Waals surface area contributed by atoms with Crippen LogP contribution >= 0.6 is 0 Å². The van der Waals surface area contributed by atoms with E-state index in [-0.39, 0.29) is 29.7 Å². The Morgan fingerprint density at radius 3 is 2.24 bits per heavy atom. The maximum absolute atomic E-state index is 13.0. The van der Waals surface area contributed by atoms with Crippen LogP contribution in [0.1, 0.15) is 39.2 Å². The van der Waals surface area contributed by atoms with Gasteiger partial charge in [0.05, 0.1) is 12.0 Å². The molecule has 2 rings (SSSR count). The Labute approximate surface area is 124 Å². The van der Waals surface area contributed by atoms with Crippen molar-refractivity contribution in [3.05, 3.63) is 35.6 Å². The number of hydrogen-bond donors (Lipinski definition) is 2. The molecule has 0 atom stereocenters. The highest BCUT2D eigenvalue weighted by atomic mass is 19.1. The van der Waals surface area contributed by atoms with Crippen molar-refractivity contribution in [1.82, 2.24) is 10.6 Å². The van der Waals surface area contributed by atoms with Crippen molar-refractivity contribution in [1.29, 1.82) is 0 Å². The first-order valence-corrected chi connectivity index (χ1v) is 7.08. The van der Waals surface area contributed by atoms with E-state index in [4.69, 9.17) is 0 Å². The van der Waals surface area contributed by atoms with Gasteiger partial charge in [0.15, 0.2) is 0 Å². The Morgan fingerprint density at radius 2 is 1.76 bits per heavy atom. The highest BCUT2D eigenvalue weighted by Crippen LogP contribution is 2.48. The maximum Gasteiger partial charge on any atom is 0.239 e. The van der Waals surface area contributed by atoms with Crippen molar-refractivity contribution in [3.8, 4) is 0 Å². The predicted octanol–water partition coefficient (Wildman–Crippen LogP) is 1.89. The van der Waals surface area contributed by atoms with Gasteiger partial charge in [0.1, 0.15) is 5.82 Å². The summed E-state index contributed by atoms with van der Waals surface area (Å²) in [6.45, 7) is 5.61. The number of benzene rings is 1. The molecule has 1 aliphatic rings. The highest BCUT2D eigenvalue weighted by Gasteiger charge is 2.51. The molecule has 0 unspecified atom stereocenters. The fourth-order valence-corrected chi connectivity index (χ4v) is 2.33. The Hall–Kier alpha value is -1.91. The van der Waals surface area contributed by atoms with E-state index in [1.54, 1.807) is 12.1 Å². The molecule has 0 bridgehead atoms. The zero-order valence-electron chi connectivity index (χ0n) is 12.6. The molecular weight excluding hydrogens is 271 g/mol. The van der Waals surface area contributed by atoms with Crippen LogP contribution in [0.3, 0.4) is 0 Å². The summed E-state index contributed by atoms with van der Waals surface area (Å²) in [5.41, 5.74) is -0.108. The molecule has 4 nitrogen and oxygen atoms in total. The lowest BCUT2D eigenvalue weighted by Crippen LogP contribution is -2.47. The molecule has 0 spiro atoms. The van der Waals surface area contributed by atoms with Crippen LogP contribution in [-0.4, -0.2) is 23.9 Å². The van der Waals surface area contributed by atoms with Gasteiger partial charge in [-0.1, -0.05) is 12.1 Å². The van der Waals surface area contributed by atoms with Gasteiger partial charge in [0.2, 0.25) is 11.8 Å². The van der Waals surface area contributed by atoms with E-state index >= 15 is 0 Å². The molecule has 0 saturated heterocycles. The first kappa shape index (κ1) is 15.5. The number of carbonyl (C=O) groups is 2. The summed E-state index contributed by atoms with van der Waals surface area (Å²) in [7, 11) is 0. The van der Waals surface area contributed by atoms with Gasteiger partial charge in [0.25, 0.3) is 0 Å². The molecule has 1 aromatic carbocycles. The van der Waals surface area contributed by atoms with Crippen LogP contribution in [0.4, 0.5) is 4.39 Å². The minimum absolute atomic E-state index is 0.0426. The van der Waals surface area contributed by atoms with Gasteiger partial charge in [-0.15, -0.1) is 0 Å². The zero-order chi connectivity index (χ0) is 15.7. The van der Waals surface area contributed by atoms with Gasteiger partial charge in [-0.05, 0) is 51.3 Å². The molecule has 0 aliphatic heterocycles. The summed E-state index contributed by atoms with van der Waals surface area (Å²) >= 11 is 0. The van der Waals surface area contributed by atoms with Crippen LogP contribution in [0, 0.1) is 5.82 Å². The van der Waals surface area contributed by atoms with E-state index < -0.39 is 5.41 Å². The first-order chi connectivity index (χ1) is 9.73. The Kier molecular flexibility index (Phi) is 4.03. The van der Waals surface area contributed by atoms with E-state index in [1.807, 2.05) is 20.8 Å². The third kappa shape index (κ3) is 3.80. The number of nitrogens with one attached hydrogen (secondary N) is 2. The topological polar surface area (TPSA) is 58.2 Å². The average Bonchev–Trinajstić information content (AvgIpc) is 3.16. The van der Waals surface area contributed by atoms with Crippen molar-refractivity contribution in [2.75, 3.05) is 6.54 Å². The fourth-order valence-electron chi connectivity index (χ4n) is 2.33. The molecular formula is C16H21FN2O2.